The SMILES string of the molecule is CC(=O)c1nc(C)cc(-c2ccc3oc(C)nc3c2)n1. The largest absolute Gasteiger partial charge is 0.441 e. The molecule has 0 N–H and O–H groups in total. The van der Waals surface area contributed by atoms with E-state index < -0.39 is 0 Å². The number of oxazole rings is 1. The predicted octanol–water partition coefficient (Wildman–Crippen LogP) is 3.10. The second-order valence-corrected chi connectivity index (χ2v) is 4.69. The fourth-order valence-electron chi connectivity index (χ4n) is 2.08. The number of hydrogen-bond acceptors (Lipinski definition) is 5. The van der Waals surface area contributed by atoms with Gasteiger partial charge in [-0.15, -0.1) is 0 Å². The van der Waals surface area contributed by atoms with Crippen molar-refractivity contribution in [2.75, 3.05) is 0 Å². The van der Waals surface area contributed by atoms with Crippen LogP contribution < -0.4 is 0 Å². The number of aryl methyl sites for hydroxylation is 2. The molecule has 100 valence electrons. The van der Waals surface area contributed by atoms with E-state index in [1.165, 1.54) is 6.92 Å². The fourth-order valence-corrected chi connectivity index (χ4v) is 2.08. The van der Waals surface area contributed by atoms with Crippen molar-refractivity contribution in [2.24, 2.45) is 0 Å². The van der Waals surface area contributed by atoms with Crippen LogP contribution >= 0.6 is 0 Å². The average Bonchev–Trinajstić information content (AvgIpc) is 2.76. The Balaban J connectivity index is 2.16. The van der Waals surface area contributed by atoms with Crippen molar-refractivity contribution in [3.8, 4) is 11.3 Å². The normalized spacial score (nSPS) is 10.9. The Hall–Kier alpha value is -2.56. The highest BCUT2D eigenvalue weighted by Crippen LogP contribution is 2.24. The van der Waals surface area contributed by atoms with Gasteiger partial charge in [0.05, 0.1) is 5.69 Å². The molecule has 0 saturated carbocycles. The molecule has 5 heteroatoms. The second-order valence-electron chi connectivity index (χ2n) is 4.69. The number of Topliss-reactive ketones (excluding diaryl/α,β-unsaturated/α-hetero) is 1. The lowest BCUT2D eigenvalue weighted by Gasteiger charge is -2.04. The Labute approximate surface area is 115 Å². The van der Waals surface area contributed by atoms with Crippen molar-refractivity contribution in [3.63, 3.8) is 0 Å². The molecule has 0 aliphatic carbocycles. The van der Waals surface area contributed by atoms with E-state index in [-0.39, 0.29) is 11.6 Å². The molecule has 0 amide bonds. The van der Waals surface area contributed by atoms with Gasteiger partial charge in [-0.05, 0) is 31.2 Å². The van der Waals surface area contributed by atoms with Gasteiger partial charge in [0.1, 0.15) is 5.52 Å². The zero-order valence-electron chi connectivity index (χ0n) is 11.5. The Morgan fingerprint density at radius 3 is 2.65 bits per heavy atom. The van der Waals surface area contributed by atoms with Gasteiger partial charge in [-0.2, -0.15) is 0 Å². The first-order valence-electron chi connectivity index (χ1n) is 6.27. The zero-order valence-corrected chi connectivity index (χ0v) is 11.5. The van der Waals surface area contributed by atoms with E-state index in [0.717, 1.165) is 22.4 Å². The summed E-state index contributed by atoms with van der Waals surface area (Å²) in [6, 6.07) is 7.51. The van der Waals surface area contributed by atoms with Crippen LogP contribution in [-0.4, -0.2) is 20.7 Å². The maximum atomic E-state index is 11.4. The van der Waals surface area contributed by atoms with Gasteiger partial charge in [-0.1, -0.05) is 0 Å². The van der Waals surface area contributed by atoms with E-state index in [2.05, 4.69) is 15.0 Å². The number of carbonyl (C=O) groups excluding carboxylic acids is 1. The molecular weight excluding hydrogens is 254 g/mol. The van der Waals surface area contributed by atoms with E-state index >= 15 is 0 Å². The summed E-state index contributed by atoms with van der Waals surface area (Å²) in [5.41, 5.74) is 3.88. The molecule has 0 spiro atoms. The van der Waals surface area contributed by atoms with E-state index in [1.54, 1.807) is 0 Å². The number of ketones is 1. The number of fused-ring (bicyclic) bond motifs is 1. The number of hydrogen-bond donors (Lipinski definition) is 0. The third-order valence-corrected chi connectivity index (χ3v) is 2.96. The topological polar surface area (TPSA) is 68.9 Å². The van der Waals surface area contributed by atoms with Crippen LogP contribution in [0.3, 0.4) is 0 Å². The molecule has 3 aromatic rings. The monoisotopic (exact) mass is 267 g/mol. The Morgan fingerprint density at radius 2 is 1.90 bits per heavy atom. The van der Waals surface area contributed by atoms with E-state index in [4.69, 9.17) is 4.42 Å². The van der Waals surface area contributed by atoms with Crippen LogP contribution in [0.2, 0.25) is 0 Å². The van der Waals surface area contributed by atoms with Crippen molar-refractivity contribution in [2.45, 2.75) is 20.8 Å². The summed E-state index contributed by atoms with van der Waals surface area (Å²) in [4.78, 5) is 24.2. The Kier molecular flexibility index (Phi) is 2.82. The molecular formula is C15H13N3O2. The highest BCUT2D eigenvalue weighted by atomic mass is 16.3. The first-order valence-corrected chi connectivity index (χ1v) is 6.27. The number of aromatic nitrogens is 3. The molecule has 0 unspecified atom stereocenters. The Morgan fingerprint density at radius 1 is 1.10 bits per heavy atom. The molecule has 5 nitrogen and oxygen atoms in total. The van der Waals surface area contributed by atoms with Gasteiger partial charge in [-0.3, -0.25) is 4.79 Å². The van der Waals surface area contributed by atoms with E-state index in [0.29, 0.717) is 11.6 Å². The number of rotatable bonds is 2. The zero-order chi connectivity index (χ0) is 14.3. The summed E-state index contributed by atoms with van der Waals surface area (Å²) >= 11 is 0. The van der Waals surface area contributed by atoms with Crippen molar-refractivity contribution < 1.29 is 9.21 Å². The first kappa shape index (κ1) is 12.5. The lowest BCUT2D eigenvalue weighted by Crippen LogP contribution is -2.03. The molecule has 0 aliphatic rings. The summed E-state index contributed by atoms with van der Waals surface area (Å²) in [5, 5.41) is 0. The quantitative estimate of drug-likeness (QED) is 0.667. The molecule has 20 heavy (non-hydrogen) atoms. The molecule has 0 saturated heterocycles. The van der Waals surface area contributed by atoms with Gasteiger partial charge >= 0.3 is 0 Å². The minimum atomic E-state index is -0.145. The molecule has 1 aromatic carbocycles. The smallest absolute Gasteiger partial charge is 0.196 e. The van der Waals surface area contributed by atoms with Gasteiger partial charge in [0.2, 0.25) is 0 Å². The maximum absolute atomic E-state index is 11.4. The van der Waals surface area contributed by atoms with E-state index in [9.17, 15) is 4.79 Å². The second kappa shape index (κ2) is 4.52. The summed E-state index contributed by atoms with van der Waals surface area (Å²) in [7, 11) is 0. The first-order chi connectivity index (χ1) is 9.52. The molecule has 0 atom stereocenters. The highest BCUT2D eigenvalue weighted by Gasteiger charge is 2.10. The molecule has 3 rings (SSSR count). The molecule has 2 heterocycles. The minimum Gasteiger partial charge on any atom is -0.441 e. The number of nitrogens with zero attached hydrogens (tertiary/aromatic N) is 3. The van der Waals surface area contributed by atoms with Gasteiger partial charge in [0.15, 0.2) is 23.1 Å². The van der Waals surface area contributed by atoms with Crippen molar-refractivity contribution in [1.82, 2.24) is 15.0 Å². The van der Waals surface area contributed by atoms with Crippen molar-refractivity contribution >= 4 is 16.9 Å². The average molecular weight is 267 g/mol. The summed E-state index contributed by atoms with van der Waals surface area (Å²) in [5.74, 6) is 0.713. The van der Waals surface area contributed by atoms with Gasteiger partial charge in [0.25, 0.3) is 0 Å². The summed E-state index contributed by atoms with van der Waals surface area (Å²) in [6.07, 6.45) is 0. The number of carbonyl (C=O) groups is 1. The third kappa shape index (κ3) is 2.18. The van der Waals surface area contributed by atoms with Crippen LogP contribution in [0, 0.1) is 13.8 Å². The van der Waals surface area contributed by atoms with Crippen LogP contribution in [0.4, 0.5) is 0 Å². The summed E-state index contributed by atoms with van der Waals surface area (Å²) < 4.78 is 5.45. The van der Waals surface area contributed by atoms with Crippen molar-refractivity contribution in [3.05, 3.63) is 41.7 Å². The highest BCUT2D eigenvalue weighted by molar-refractivity contribution is 5.91. The maximum Gasteiger partial charge on any atom is 0.196 e. The predicted molar refractivity (Wildman–Crippen MR) is 74.5 cm³/mol. The van der Waals surface area contributed by atoms with E-state index in [1.807, 2.05) is 38.1 Å². The molecule has 0 fully saturated rings. The standard InChI is InChI=1S/C15H13N3O2/c1-8-6-12(18-15(16-8)9(2)19)11-4-5-14-13(7-11)17-10(3)20-14/h4-7H,1-3H3. The van der Waals surface area contributed by atoms with Crippen molar-refractivity contribution in [1.29, 1.82) is 0 Å². The van der Waals surface area contributed by atoms with Crippen LogP contribution in [0.25, 0.3) is 22.4 Å². The molecule has 2 aromatic heterocycles. The summed E-state index contributed by atoms with van der Waals surface area (Å²) in [6.45, 7) is 5.11. The molecule has 0 radical (unpaired) electrons. The van der Waals surface area contributed by atoms with Gasteiger partial charge < -0.3 is 4.42 Å². The lowest BCUT2D eigenvalue weighted by molar-refractivity contribution is 0.100. The van der Waals surface area contributed by atoms with Crippen LogP contribution in [0.15, 0.2) is 28.7 Å². The lowest BCUT2D eigenvalue weighted by atomic mass is 10.1. The van der Waals surface area contributed by atoms with Crippen LogP contribution in [0.5, 0.6) is 0 Å². The fraction of sp³-hybridized carbons (Fsp3) is 0.200. The van der Waals surface area contributed by atoms with Crippen LogP contribution in [-0.2, 0) is 0 Å². The molecule has 0 bridgehead atoms. The molecule has 0 aliphatic heterocycles. The third-order valence-electron chi connectivity index (χ3n) is 2.96. The Bertz CT molecular complexity index is 821. The minimum absolute atomic E-state index is 0.145. The number of benzene rings is 1. The van der Waals surface area contributed by atoms with Gasteiger partial charge in [-0.25, -0.2) is 15.0 Å². The van der Waals surface area contributed by atoms with Crippen LogP contribution in [0.1, 0.15) is 29.1 Å². The van der Waals surface area contributed by atoms with Gasteiger partial charge in [0, 0.05) is 25.1 Å².